The molecule has 0 aliphatic rings. The molecular weight excluding hydrogens is 346 g/mol. The summed E-state index contributed by atoms with van der Waals surface area (Å²) in [5.74, 6) is -0.214. The molecule has 0 radical (unpaired) electrons. The van der Waals surface area contributed by atoms with Crippen molar-refractivity contribution in [3.63, 3.8) is 0 Å². The first-order chi connectivity index (χ1) is 13.3. The summed E-state index contributed by atoms with van der Waals surface area (Å²) in [5, 5.41) is 4.16. The largest absolute Gasteiger partial charge is 0.318 e. The first-order valence-electron chi connectivity index (χ1n) is 9.45. The number of benzene rings is 2. The number of carbonyl (C=O) groups is 1. The van der Waals surface area contributed by atoms with E-state index < -0.39 is 0 Å². The average molecular weight is 374 g/mol. The van der Waals surface area contributed by atoms with E-state index in [2.05, 4.69) is 61.0 Å². The van der Waals surface area contributed by atoms with Crippen LogP contribution in [0.25, 0.3) is 5.69 Å². The van der Waals surface area contributed by atoms with Gasteiger partial charge in [-0.2, -0.15) is 5.10 Å². The van der Waals surface area contributed by atoms with Gasteiger partial charge in [-0.05, 0) is 55.2 Å². The maximum atomic E-state index is 12.3. The molecule has 0 aliphatic carbocycles. The molecule has 1 aromatic heterocycles. The van der Waals surface area contributed by atoms with Gasteiger partial charge in [-0.3, -0.25) is 4.79 Å². The molecule has 0 unspecified atom stereocenters. The molecule has 1 amide bonds. The monoisotopic (exact) mass is 373 g/mol. The molecule has 0 aliphatic heterocycles. The van der Waals surface area contributed by atoms with Crippen molar-refractivity contribution in [1.29, 1.82) is 0 Å². The number of rotatable bonds is 4. The molecule has 0 bridgehead atoms. The molecule has 0 saturated heterocycles. The fraction of sp³-hybridized carbons (Fsp3) is 0.250. The van der Waals surface area contributed by atoms with E-state index >= 15 is 0 Å². The van der Waals surface area contributed by atoms with E-state index in [4.69, 9.17) is 0 Å². The Kier molecular flexibility index (Phi) is 5.50. The van der Waals surface area contributed by atoms with Gasteiger partial charge >= 0.3 is 0 Å². The molecule has 0 saturated carbocycles. The second-order valence-electron chi connectivity index (χ2n) is 8.02. The highest BCUT2D eigenvalue weighted by molar-refractivity contribution is 5.95. The van der Waals surface area contributed by atoms with Gasteiger partial charge in [-0.1, -0.05) is 51.1 Å². The highest BCUT2D eigenvalue weighted by Gasteiger charge is 2.14. The SMILES string of the molecule is Cc1cc(/C=N\NC(=O)c2ccc(C(C)(C)C)cc2)c(C)n1-c1ccccc1. The number of aromatic nitrogens is 1. The Labute approximate surface area is 166 Å². The molecule has 1 heterocycles. The van der Waals surface area contributed by atoms with Gasteiger partial charge in [0.1, 0.15) is 0 Å². The van der Waals surface area contributed by atoms with Crippen LogP contribution < -0.4 is 5.43 Å². The lowest BCUT2D eigenvalue weighted by molar-refractivity contribution is 0.0955. The van der Waals surface area contributed by atoms with Crippen LogP contribution in [0, 0.1) is 13.8 Å². The van der Waals surface area contributed by atoms with Gasteiger partial charge in [0.2, 0.25) is 0 Å². The molecule has 2 aromatic carbocycles. The number of hydrazone groups is 1. The van der Waals surface area contributed by atoms with Crippen LogP contribution in [0.2, 0.25) is 0 Å². The van der Waals surface area contributed by atoms with Gasteiger partial charge in [0.05, 0.1) is 6.21 Å². The van der Waals surface area contributed by atoms with Crippen LogP contribution in [0.1, 0.15) is 53.6 Å². The third kappa shape index (κ3) is 4.22. The van der Waals surface area contributed by atoms with Crippen LogP contribution in [0.15, 0.2) is 65.8 Å². The second kappa shape index (κ2) is 7.85. The third-order valence-corrected chi connectivity index (χ3v) is 4.87. The van der Waals surface area contributed by atoms with Crippen molar-refractivity contribution in [3.05, 3.63) is 88.7 Å². The van der Waals surface area contributed by atoms with Crippen molar-refractivity contribution in [3.8, 4) is 5.69 Å². The smallest absolute Gasteiger partial charge is 0.271 e. The average Bonchev–Trinajstić information content (AvgIpc) is 2.95. The van der Waals surface area contributed by atoms with Crippen LogP contribution in [-0.2, 0) is 5.41 Å². The van der Waals surface area contributed by atoms with E-state index in [0.717, 1.165) is 22.6 Å². The van der Waals surface area contributed by atoms with E-state index in [0.29, 0.717) is 5.56 Å². The lowest BCUT2D eigenvalue weighted by Gasteiger charge is -2.18. The van der Waals surface area contributed by atoms with Gasteiger partial charge in [0.15, 0.2) is 0 Å². The number of aryl methyl sites for hydroxylation is 1. The topological polar surface area (TPSA) is 46.4 Å². The summed E-state index contributed by atoms with van der Waals surface area (Å²) in [4.78, 5) is 12.3. The molecule has 3 rings (SSSR count). The molecule has 3 aromatic rings. The molecular formula is C24H27N3O. The molecule has 4 nitrogen and oxygen atoms in total. The van der Waals surface area contributed by atoms with Crippen LogP contribution in [0.5, 0.6) is 0 Å². The van der Waals surface area contributed by atoms with Gasteiger partial charge in [-0.15, -0.1) is 0 Å². The zero-order valence-corrected chi connectivity index (χ0v) is 17.2. The Morgan fingerprint density at radius 3 is 2.25 bits per heavy atom. The molecule has 4 heteroatoms. The zero-order chi connectivity index (χ0) is 20.3. The summed E-state index contributed by atoms with van der Waals surface area (Å²) in [5.41, 5.74) is 8.77. The summed E-state index contributed by atoms with van der Waals surface area (Å²) < 4.78 is 2.17. The number of nitrogens with one attached hydrogen (secondary N) is 1. The third-order valence-electron chi connectivity index (χ3n) is 4.87. The van der Waals surface area contributed by atoms with E-state index in [-0.39, 0.29) is 11.3 Å². The number of hydrogen-bond acceptors (Lipinski definition) is 2. The molecule has 0 atom stereocenters. The van der Waals surface area contributed by atoms with Gasteiger partial charge in [0.25, 0.3) is 5.91 Å². The van der Waals surface area contributed by atoms with Crippen molar-refractivity contribution in [2.24, 2.45) is 5.10 Å². The first kappa shape index (κ1) is 19.6. The summed E-state index contributed by atoms with van der Waals surface area (Å²) in [7, 11) is 0. The number of amides is 1. The summed E-state index contributed by atoms with van der Waals surface area (Å²) in [6.45, 7) is 10.6. The van der Waals surface area contributed by atoms with E-state index in [1.165, 1.54) is 5.56 Å². The highest BCUT2D eigenvalue weighted by Crippen LogP contribution is 2.22. The standard InChI is InChI=1S/C24H27N3O/c1-17-15-20(18(2)27(17)22-9-7-6-8-10-22)16-25-26-23(28)19-11-13-21(14-12-19)24(3,4)5/h6-16H,1-5H3,(H,26,28)/b25-16-. The fourth-order valence-electron chi connectivity index (χ4n) is 3.24. The van der Waals surface area contributed by atoms with Gasteiger partial charge in [-0.25, -0.2) is 5.43 Å². The first-order valence-corrected chi connectivity index (χ1v) is 9.45. The van der Waals surface area contributed by atoms with Gasteiger partial charge < -0.3 is 4.57 Å². The van der Waals surface area contributed by atoms with Crippen molar-refractivity contribution in [1.82, 2.24) is 9.99 Å². The molecule has 0 spiro atoms. The van der Waals surface area contributed by atoms with E-state index in [1.807, 2.05) is 49.4 Å². The van der Waals surface area contributed by atoms with Crippen molar-refractivity contribution in [2.75, 3.05) is 0 Å². The predicted octanol–water partition coefficient (Wildman–Crippen LogP) is 5.16. The molecule has 28 heavy (non-hydrogen) atoms. The quantitative estimate of drug-likeness (QED) is 0.498. The normalized spacial score (nSPS) is 11.8. The zero-order valence-electron chi connectivity index (χ0n) is 17.2. The Bertz CT molecular complexity index is 991. The Balaban J connectivity index is 1.72. The lowest BCUT2D eigenvalue weighted by Crippen LogP contribution is -2.18. The van der Waals surface area contributed by atoms with Crippen molar-refractivity contribution < 1.29 is 4.79 Å². The summed E-state index contributed by atoms with van der Waals surface area (Å²) in [6.07, 6.45) is 1.70. The minimum atomic E-state index is -0.214. The Morgan fingerprint density at radius 1 is 1.00 bits per heavy atom. The molecule has 1 N–H and O–H groups in total. The van der Waals surface area contributed by atoms with Crippen LogP contribution in [0.4, 0.5) is 0 Å². The summed E-state index contributed by atoms with van der Waals surface area (Å²) >= 11 is 0. The Hall–Kier alpha value is -3.14. The lowest BCUT2D eigenvalue weighted by atomic mass is 9.87. The number of hydrogen-bond donors (Lipinski definition) is 1. The maximum Gasteiger partial charge on any atom is 0.271 e. The molecule has 0 fully saturated rings. The molecule has 144 valence electrons. The van der Waals surface area contributed by atoms with Crippen molar-refractivity contribution in [2.45, 2.75) is 40.0 Å². The van der Waals surface area contributed by atoms with E-state index in [9.17, 15) is 4.79 Å². The van der Waals surface area contributed by atoms with E-state index in [1.54, 1.807) is 6.21 Å². The minimum absolute atomic E-state index is 0.0639. The van der Waals surface area contributed by atoms with Crippen LogP contribution in [-0.4, -0.2) is 16.7 Å². The predicted molar refractivity (Wildman–Crippen MR) is 115 cm³/mol. The number of carbonyl (C=O) groups excluding carboxylic acids is 1. The van der Waals surface area contributed by atoms with Crippen LogP contribution >= 0.6 is 0 Å². The summed E-state index contributed by atoms with van der Waals surface area (Å²) in [6, 6.07) is 19.9. The highest BCUT2D eigenvalue weighted by atomic mass is 16.2. The van der Waals surface area contributed by atoms with Gasteiger partial charge in [0, 0.05) is 28.2 Å². The number of para-hydroxylation sites is 1. The maximum absolute atomic E-state index is 12.3. The minimum Gasteiger partial charge on any atom is -0.318 e. The number of nitrogens with zero attached hydrogens (tertiary/aromatic N) is 2. The Morgan fingerprint density at radius 2 is 1.64 bits per heavy atom. The second-order valence-corrected chi connectivity index (χ2v) is 8.02. The fourth-order valence-corrected chi connectivity index (χ4v) is 3.24. The van der Waals surface area contributed by atoms with Crippen molar-refractivity contribution >= 4 is 12.1 Å². The van der Waals surface area contributed by atoms with Crippen LogP contribution in [0.3, 0.4) is 0 Å².